The van der Waals surface area contributed by atoms with Gasteiger partial charge in [0, 0.05) is 10.9 Å². The van der Waals surface area contributed by atoms with Gasteiger partial charge in [-0.1, -0.05) is 29.8 Å². The molecule has 3 aromatic rings. The summed E-state index contributed by atoms with van der Waals surface area (Å²) in [6.45, 7) is 1.98. The molecule has 0 fully saturated rings. The van der Waals surface area contributed by atoms with E-state index in [-0.39, 0.29) is 0 Å². The molecule has 1 atom stereocenters. The fraction of sp³-hybridized carbons (Fsp3) is 0.176. The molecule has 0 saturated heterocycles. The Hall–Kier alpha value is -2.26. The maximum Gasteiger partial charge on any atom is 0.140 e. The normalized spacial score (nSPS) is 12.6. The van der Waals surface area contributed by atoms with E-state index < -0.39 is 6.10 Å². The van der Waals surface area contributed by atoms with E-state index in [9.17, 15) is 5.11 Å². The summed E-state index contributed by atoms with van der Waals surface area (Å²) in [6.07, 6.45) is -0.836. The van der Waals surface area contributed by atoms with E-state index in [1.54, 1.807) is 7.11 Å². The van der Waals surface area contributed by atoms with Crippen LogP contribution in [0.4, 0.5) is 0 Å². The zero-order valence-electron chi connectivity index (χ0n) is 11.5. The van der Waals surface area contributed by atoms with E-state index in [1.165, 1.54) is 0 Å². The van der Waals surface area contributed by atoms with Gasteiger partial charge >= 0.3 is 0 Å². The van der Waals surface area contributed by atoms with Crippen molar-refractivity contribution in [3.8, 4) is 5.75 Å². The van der Waals surface area contributed by atoms with Crippen LogP contribution in [0.1, 0.15) is 23.0 Å². The number of para-hydroxylation sites is 1. The molecule has 3 rings (SSSR count). The largest absolute Gasteiger partial charge is 0.496 e. The Morgan fingerprint density at radius 2 is 1.90 bits per heavy atom. The fourth-order valence-corrected chi connectivity index (χ4v) is 2.36. The lowest BCUT2D eigenvalue weighted by Gasteiger charge is -2.13. The Labute approximate surface area is 117 Å². The number of aliphatic hydroxyl groups is 1. The highest BCUT2D eigenvalue weighted by Gasteiger charge is 2.19. The second-order valence-electron chi connectivity index (χ2n) is 4.83. The first kappa shape index (κ1) is 12.8. The summed E-state index contributed by atoms with van der Waals surface area (Å²) >= 11 is 0. The molecule has 0 aliphatic heterocycles. The van der Waals surface area contributed by atoms with E-state index in [4.69, 9.17) is 9.15 Å². The van der Waals surface area contributed by atoms with Gasteiger partial charge < -0.3 is 14.3 Å². The van der Waals surface area contributed by atoms with E-state index in [2.05, 4.69) is 0 Å². The van der Waals surface area contributed by atoms with Gasteiger partial charge in [-0.25, -0.2) is 0 Å². The van der Waals surface area contributed by atoms with Gasteiger partial charge in [-0.05, 0) is 31.2 Å². The van der Waals surface area contributed by atoms with Crippen molar-refractivity contribution in [2.24, 2.45) is 0 Å². The van der Waals surface area contributed by atoms with Crippen LogP contribution in [0.15, 0.2) is 52.9 Å². The summed E-state index contributed by atoms with van der Waals surface area (Å²) < 4.78 is 11.0. The van der Waals surface area contributed by atoms with Crippen molar-refractivity contribution in [1.29, 1.82) is 0 Å². The van der Waals surface area contributed by atoms with E-state index in [1.807, 2.05) is 55.5 Å². The highest BCUT2D eigenvalue weighted by molar-refractivity contribution is 5.77. The molecular formula is C17H16O3. The number of fused-ring (bicyclic) bond motifs is 1. The molecule has 1 heterocycles. The quantitative estimate of drug-likeness (QED) is 0.785. The molecule has 0 saturated carbocycles. The van der Waals surface area contributed by atoms with Crippen LogP contribution in [0, 0.1) is 6.92 Å². The summed E-state index contributed by atoms with van der Waals surface area (Å²) in [5.41, 5.74) is 2.55. The Kier molecular flexibility index (Phi) is 3.20. The van der Waals surface area contributed by atoms with Crippen molar-refractivity contribution in [2.75, 3.05) is 7.11 Å². The first-order valence-electron chi connectivity index (χ1n) is 6.50. The van der Waals surface area contributed by atoms with Crippen LogP contribution in [-0.4, -0.2) is 12.2 Å². The van der Waals surface area contributed by atoms with Crippen molar-refractivity contribution < 1.29 is 14.3 Å². The number of methoxy groups -OCH3 is 1. The lowest BCUT2D eigenvalue weighted by Crippen LogP contribution is -2.01. The second kappa shape index (κ2) is 5.02. The highest BCUT2D eigenvalue weighted by atomic mass is 16.5. The predicted octanol–water partition coefficient (Wildman–Crippen LogP) is 3.83. The molecule has 0 spiro atoms. The molecule has 3 nitrogen and oxygen atoms in total. The van der Waals surface area contributed by atoms with Crippen molar-refractivity contribution in [3.05, 3.63) is 65.4 Å². The fourth-order valence-electron chi connectivity index (χ4n) is 2.36. The van der Waals surface area contributed by atoms with Crippen LogP contribution in [-0.2, 0) is 0 Å². The standard InChI is InChI=1S/C17H16O3/c1-11-7-8-15(19-2)13(9-11)17(18)16-10-12-5-3-4-6-14(12)20-16/h3-10,17-18H,1-2H3. The number of hydrogen-bond donors (Lipinski definition) is 1. The number of benzene rings is 2. The summed E-state index contributed by atoms with van der Waals surface area (Å²) in [5, 5.41) is 11.5. The van der Waals surface area contributed by atoms with Crippen molar-refractivity contribution in [3.63, 3.8) is 0 Å². The average molecular weight is 268 g/mol. The number of aliphatic hydroxyl groups excluding tert-OH is 1. The van der Waals surface area contributed by atoms with E-state index in [0.717, 1.165) is 16.5 Å². The molecule has 1 aromatic heterocycles. The molecule has 1 unspecified atom stereocenters. The number of ether oxygens (including phenoxy) is 1. The van der Waals surface area contributed by atoms with Gasteiger partial charge in [0.25, 0.3) is 0 Å². The van der Waals surface area contributed by atoms with Gasteiger partial charge in [-0.2, -0.15) is 0 Å². The third-order valence-corrected chi connectivity index (χ3v) is 3.39. The highest BCUT2D eigenvalue weighted by Crippen LogP contribution is 2.33. The van der Waals surface area contributed by atoms with Crippen LogP contribution >= 0.6 is 0 Å². The second-order valence-corrected chi connectivity index (χ2v) is 4.83. The third kappa shape index (κ3) is 2.17. The van der Waals surface area contributed by atoms with Crippen molar-refractivity contribution in [2.45, 2.75) is 13.0 Å². The van der Waals surface area contributed by atoms with Gasteiger partial charge in [-0.15, -0.1) is 0 Å². The topological polar surface area (TPSA) is 42.6 Å². The monoisotopic (exact) mass is 268 g/mol. The summed E-state index contributed by atoms with van der Waals surface area (Å²) in [7, 11) is 1.60. The van der Waals surface area contributed by atoms with Crippen LogP contribution < -0.4 is 4.74 Å². The minimum absolute atomic E-state index is 0.523. The summed E-state index contributed by atoms with van der Waals surface area (Å²) in [4.78, 5) is 0. The first-order chi connectivity index (χ1) is 9.69. The molecule has 102 valence electrons. The number of rotatable bonds is 3. The molecule has 2 aromatic carbocycles. The van der Waals surface area contributed by atoms with Crippen molar-refractivity contribution in [1.82, 2.24) is 0 Å². The molecule has 0 radical (unpaired) electrons. The first-order valence-corrected chi connectivity index (χ1v) is 6.50. The molecule has 20 heavy (non-hydrogen) atoms. The number of hydrogen-bond acceptors (Lipinski definition) is 3. The van der Waals surface area contributed by atoms with Gasteiger partial charge in [0.1, 0.15) is 23.2 Å². The maximum atomic E-state index is 10.6. The molecule has 0 amide bonds. The molecule has 3 heteroatoms. The van der Waals surface area contributed by atoms with Gasteiger partial charge in [0.05, 0.1) is 7.11 Å². The summed E-state index contributed by atoms with van der Waals surface area (Å²) in [6, 6.07) is 15.3. The van der Waals surface area contributed by atoms with Crippen molar-refractivity contribution >= 4 is 11.0 Å². The zero-order chi connectivity index (χ0) is 14.1. The Balaban J connectivity index is 2.07. The van der Waals surface area contributed by atoms with Gasteiger partial charge in [-0.3, -0.25) is 0 Å². The SMILES string of the molecule is COc1ccc(C)cc1C(O)c1cc2ccccc2o1. The van der Waals surface area contributed by atoms with Gasteiger partial charge in [0.15, 0.2) is 0 Å². The molecule has 0 aliphatic carbocycles. The van der Waals surface area contributed by atoms with E-state index in [0.29, 0.717) is 17.1 Å². The minimum atomic E-state index is -0.836. The predicted molar refractivity (Wildman–Crippen MR) is 78.0 cm³/mol. The molecule has 0 aliphatic rings. The Morgan fingerprint density at radius 1 is 1.10 bits per heavy atom. The molecule has 1 N–H and O–H groups in total. The average Bonchev–Trinajstić information content (AvgIpc) is 2.90. The van der Waals surface area contributed by atoms with E-state index >= 15 is 0 Å². The zero-order valence-corrected chi connectivity index (χ0v) is 11.5. The van der Waals surface area contributed by atoms with Gasteiger partial charge in [0.2, 0.25) is 0 Å². The number of furan rings is 1. The lowest BCUT2D eigenvalue weighted by atomic mass is 10.0. The van der Waals surface area contributed by atoms with Crippen LogP contribution in [0.2, 0.25) is 0 Å². The smallest absolute Gasteiger partial charge is 0.140 e. The third-order valence-electron chi connectivity index (χ3n) is 3.39. The van der Waals surface area contributed by atoms with Crippen LogP contribution in [0.25, 0.3) is 11.0 Å². The number of aryl methyl sites for hydroxylation is 1. The minimum Gasteiger partial charge on any atom is -0.496 e. The van der Waals surface area contributed by atoms with Crippen LogP contribution in [0.5, 0.6) is 5.75 Å². The Morgan fingerprint density at radius 3 is 2.65 bits per heavy atom. The molecule has 0 bridgehead atoms. The molecular weight excluding hydrogens is 252 g/mol. The van der Waals surface area contributed by atoms with Crippen LogP contribution in [0.3, 0.4) is 0 Å². The Bertz CT molecular complexity index is 710. The maximum absolute atomic E-state index is 10.6. The summed E-state index contributed by atoms with van der Waals surface area (Å²) in [5.74, 6) is 1.18. The lowest BCUT2D eigenvalue weighted by molar-refractivity contribution is 0.187.